The lowest BCUT2D eigenvalue weighted by atomic mass is 9.94. The SMILES string of the molecule is CNC(=O)c1ccc(N)cc1N1CCCC(C)(O)C1. The molecule has 1 heterocycles. The number of hydrogen-bond acceptors (Lipinski definition) is 4. The molecule has 1 aliphatic rings. The van der Waals surface area contributed by atoms with Gasteiger partial charge in [0.25, 0.3) is 5.91 Å². The Bertz CT molecular complexity index is 486. The zero-order valence-electron chi connectivity index (χ0n) is 11.4. The Kier molecular flexibility index (Phi) is 3.66. The number of carbonyl (C=O) groups excluding carboxylic acids is 1. The molecule has 1 amide bonds. The van der Waals surface area contributed by atoms with E-state index in [1.165, 1.54) is 0 Å². The average Bonchev–Trinajstić information content (AvgIpc) is 2.36. The molecule has 0 radical (unpaired) electrons. The van der Waals surface area contributed by atoms with Crippen LogP contribution in [0.1, 0.15) is 30.1 Å². The number of piperidine rings is 1. The lowest BCUT2D eigenvalue weighted by molar-refractivity contribution is 0.0448. The van der Waals surface area contributed by atoms with Crippen LogP contribution in [0.2, 0.25) is 0 Å². The topological polar surface area (TPSA) is 78.6 Å². The van der Waals surface area contributed by atoms with Crippen LogP contribution in [-0.4, -0.2) is 36.8 Å². The number of β-amino-alcohol motifs (C(OH)–C–C–N with tert-alkyl or cyclic N) is 1. The predicted molar refractivity (Wildman–Crippen MR) is 76.3 cm³/mol. The fraction of sp³-hybridized carbons (Fsp3) is 0.500. The summed E-state index contributed by atoms with van der Waals surface area (Å²) in [6.07, 6.45) is 1.68. The summed E-state index contributed by atoms with van der Waals surface area (Å²) < 4.78 is 0. The largest absolute Gasteiger partial charge is 0.399 e. The summed E-state index contributed by atoms with van der Waals surface area (Å²) in [5.41, 5.74) is 7.10. The van der Waals surface area contributed by atoms with Crippen LogP contribution in [0.5, 0.6) is 0 Å². The maximum atomic E-state index is 11.9. The van der Waals surface area contributed by atoms with Crippen molar-refractivity contribution in [3.63, 3.8) is 0 Å². The highest BCUT2D eigenvalue weighted by Crippen LogP contribution is 2.29. The van der Waals surface area contributed by atoms with Gasteiger partial charge in [0, 0.05) is 25.8 Å². The first-order valence-electron chi connectivity index (χ1n) is 6.52. The van der Waals surface area contributed by atoms with Crippen LogP contribution in [0.4, 0.5) is 11.4 Å². The third-order valence-corrected chi connectivity index (χ3v) is 3.51. The molecular weight excluding hydrogens is 242 g/mol. The second-order valence-corrected chi connectivity index (χ2v) is 5.38. The maximum Gasteiger partial charge on any atom is 0.253 e. The van der Waals surface area contributed by atoms with Gasteiger partial charge >= 0.3 is 0 Å². The number of nitrogens with zero attached hydrogens (tertiary/aromatic N) is 1. The number of anilines is 2. The molecular formula is C14H21N3O2. The van der Waals surface area contributed by atoms with E-state index in [1.54, 1.807) is 25.2 Å². The maximum absolute atomic E-state index is 11.9. The van der Waals surface area contributed by atoms with E-state index in [4.69, 9.17) is 5.73 Å². The van der Waals surface area contributed by atoms with E-state index in [0.717, 1.165) is 25.1 Å². The molecule has 1 aliphatic heterocycles. The summed E-state index contributed by atoms with van der Waals surface area (Å²) in [4.78, 5) is 13.9. The van der Waals surface area contributed by atoms with Gasteiger partial charge in [0.2, 0.25) is 0 Å². The van der Waals surface area contributed by atoms with Crippen molar-refractivity contribution in [3.8, 4) is 0 Å². The van der Waals surface area contributed by atoms with Crippen molar-refractivity contribution in [2.24, 2.45) is 0 Å². The van der Waals surface area contributed by atoms with E-state index >= 15 is 0 Å². The van der Waals surface area contributed by atoms with Crippen LogP contribution < -0.4 is 16.0 Å². The highest BCUT2D eigenvalue weighted by molar-refractivity contribution is 6.00. The summed E-state index contributed by atoms with van der Waals surface area (Å²) in [5.74, 6) is -0.139. The fourth-order valence-electron chi connectivity index (χ4n) is 2.56. The smallest absolute Gasteiger partial charge is 0.253 e. The molecule has 104 valence electrons. The molecule has 1 unspecified atom stereocenters. The summed E-state index contributed by atoms with van der Waals surface area (Å²) >= 11 is 0. The quantitative estimate of drug-likeness (QED) is 0.695. The van der Waals surface area contributed by atoms with Crippen molar-refractivity contribution in [2.75, 3.05) is 30.8 Å². The van der Waals surface area contributed by atoms with Crippen LogP contribution in [0.15, 0.2) is 18.2 Å². The number of nitrogens with one attached hydrogen (secondary N) is 1. The summed E-state index contributed by atoms with van der Waals surface area (Å²) in [6.45, 7) is 3.16. The Morgan fingerprint density at radius 2 is 2.26 bits per heavy atom. The van der Waals surface area contributed by atoms with Gasteiger partial charge in [0.1, 0.15) is 0 Å². The number of rotatable bonds is 2. The molecule has 1 fully saturated rings. The molecule has 1 saturated heterocycles. The highest BCUT2D eigenvalue weighted by Gasteiger charge is 2.30. The fourth-order valence-corrected chi connectivity index (χ4v) is 2.56. The standard InChI is InChI=1S/C14H21N3O2/c1-14(19)6-3-7-17(9-14)12-8-10(15)4-5-11(12)13(18)16-2/h4-5,8,19H,3,6-7,9,15H2,1-2H3,(H,16,18). The van der Waals surface area contributed by atoms with E-state index in [2.05, 4.69) is 5.32 Å². The third kappa shape index (κ3) is 2.98. The van der Waals surface area contributed by atoms with E-state index in [9.17, 15) is 9.90 Å². The number of nitrogens with two attached hydrogens (primary N) is 1. The molecule has 1 aromatic rings. The van der Waals surface area contributed by atoms with Gasteiger partial charge in [-0.1, -0.05) is 0 Å². The zero-order valence-corrected chi connectivity index (χ0v) is 11.4. The minimum Gasteiger partial charge on any atom is -0.399 e. The van der Waals surface area contributed by atoms with Crippen LogP contribution in [0.25, 0.3) is 0 Å². The minimum atomic E-state index is -0.719. The molecule has 1 atom stereocenters. The number of hydrogen-bond donors (Lipinski definition) is 3. The van der Waals surface area contributed by atoms with Crippen molar-refractivity contribution in [1.82, 2.24) is 5.32 Å². The first-order chi connectivity index (χ1) is 8.93. The summed E-state index contributed by atoms with van der Waals surface area (Å²) in [7, 11) is 1.61. The van der Waals surface area contributed by atoms with Crippen LogP contribution >= 0.6 is 0 Å². The van der Waals surface area contributed by atoms with Gasteiger partial charge in [0.15, 0.2) is 0 Å². The van der Waals surface area contributed by atoms with E-state index < -0.39 is 5.60 Å². The van der Waals surface area contributed by atoms with Gasteiger partial charge < -0.3 is 21.1 Å². The third-order valence-electron chi connectivity index (χ3n) is 3.51. The number of carbonyl (C=O) groups is 1. The van der Waals surface area contributed by atoms with Gasteiger partial charge in [-0.2, -0.15) is 0 Å². The Morgan fingerprint density at radius 3 is 2.89 bits per heavy atom. The van der Waals surface area contributed by atoms with Crippen molar-refractivity contribution < 1.29 is 9.90 Å². The van der Waals surface area contributed by atoms with E-state index in [0.29, 0.717) is 17.8 Å². The molecule has 1 aromatic carbocycles. The number of amides is 1. The number of nitrogen functional groups attached to an aromatic ring is 1. The second-order valence-electron chi connectivity index (χ2n) is 5.38. The molecule has 2 rings (SSSR count). The molecule has 0 saturated carbocycles. The molecule has 19 heavy (non-hydrogen) atoms. The van der Waals surface area contributed by atoms with Crippen molar-refractivity contribution >= 4 is 17.3 Å². The molecule has 0 spiro atoms. The first-order valence-corrected chi connectivity index (χ1v) is 6.52. The lowest BCUT2D eigenvalue weighted by Gasteiger charge is -2.39. The summed E-state index contributed by atoms with van der Waals surface area (Å²) in [5, 5.41) is 12.8. The molecule has 0 aliphatic carbocycles. The Balaban J connectivity index is 2.37. The van der Waals surface area contributed by atoms with Gasteiger partial charge in [0.05, 0.1) is 16.9 Å². The zero-order chi connectivity index (χ0) is 14.0. The molecule has 0 aromatic heterocycles. The molecule has 4 N–H and O–H groups in total. The van der Waals surface area contributed by atoms with Crippen molar-refractivity contribution in [2.45, 2.75) is 25.4 Å². The van der Waals surface area contributed by atoms with Crippen LogP contribution in [-0.2, 0) is 0 Å². The van der Waals surface area contributed by atoms with Crippen molar-refractivity contribution in [1.29, 1.82) is 0 Å². The predicted octanol–water partition coefficient (Wildman–Crippen LogP) is 0.980. The highest BCUT2D eigenvalue weighted by atomic mass is 16.3. The molecule has 0 bridgehead atoms. The monoisotopic (exact) mass is 263 g/mol. The Labute approximate surface area is 113 Å². The van der Waals surface area contributed by atoms with Gasteiger partial charge in [-0.3, -0.25) is 4.79 Å². The van der Waals surface area contributed by atoms with Gasteiger partial charge in [-0.05, 0) is 38.0 Å². The normalized spacial score (nSPS) is 23.2. The van der Waals surface area contributed by atoms with E-state index in [-0.39, 0.29) is 5.91 Å². The number of aliphatic hydroxyl groups is 1. The van der Waals surface area contributed by atoms with E-state index in [1.807, 2.05) is 11.8 Å². The van der Waals surface area contributed by atoms with Gasteiger partial charge in [-0.25, -0.2) is 0 Å². The van der Waals surface area contributed by atoms with Crippen molar-refractivity contribution in [3.05, 3.63) is 23.8 Å². The summed E-state index contributed by atoms with van der Waals surface area (Å²) in [6, 6.07) is 5.24. The van der Waals surface area contributed by atoms with Crippen LogP contribution in [0, 0.1) is 0 Å². The molecule has 5 nitrogen and oxygen atoms in total. The first kappa shape index (κ1) is 13.7. The Morgan fingerprint density at radius 1 is 1.53 bits per heavy atom. The van der Waals surface area contributed by atoms with Crippen LogP contribution in [0.3, 0.4) is 0 Å². The Hall–Kier alpha value is -1.75. The average molecular weight is 263 g/mol. The lowest BCUT2D eigenvalue weighted by Crippen LogP contribution is -2.46. The number of benzene rings is 1. The molecule has 5 heteroatoms. The second kappa shape index (κ2) is 5.09. The van der Waals surface area contributed by atoms with Gasteiger partial charge in [-0.15, -0.1) is 0 Å². The minimum absolute atomic E-state index is 0.139.